The fourth-order valence-electron chi connectivity index (χ4n) is 1.52. The molecule has 0 radical (unpaired) electrons. The van der Waals surface area contributed by atoms with Crippen molar-refractivity contribution in [2.24, 2.45) is 0 Å². The first kappa shape index (κ1) is 22.5. The van der Waals surface area contributed by atoms with Crippen LogP contribution < -0.4 is 5.46 Å². The fourth-order valence-corrected chi connectivity index (χ4v) is 1.52. The molecular formula is C12H8BF11O2. The molecule has 1 rings (SSSR count). The van der Waals surface area contributed by atoms with Crippen LogP contribution in [0.1, 0.15) is 13.8 Å². The quantitative estimate of drug-likeness (QED) is 0.320. The largest absolute Gasteiger partial charge is 0.501 e. The molecule has 0 aromatic heterocycles. The van der Waals surface area contributed by atoms with Gasteiger partial charge in [0, 0.05) is 0 Å². The normalized spacial score (nSPS) is 15.1. The third-order valence-corrected chi connectivity index (χ3v) is 3.06. The van der Waals surface area contributed by atoms with Gasteiger partial charge in [-0.15, -0.1) is 0 Å². The first-order chi connectivity index (χ1) is 11.6. The molecule has 1 aromatic carbocycles. The van der Waals surface area contributed by atoms with Crippen molar-refractivity contribution in [3.8, 4) is 0 Å². The molecule has 0 spiro atoms. The highest BCUT2D eigenvalue weighted by atomic mass is 19.4. The van der Waals surface area contributed by atoms with E-state index in [0.717, 1.165) is 0 Å². The first-order valence-corrected chi connectivity index (χ1v) is 6.54. The average Bonchev–Trinajstić information content (AvgIpc) is 2.49. The van der Waals surface area contributed by atoms with E-state index in [1.807, 2.05) is 0 Å². The van der Waals surface area contributed by atoms with Crippen molar-refractivity contribution in [3.63, 3.8) is 0 Å². The summed E-state index contributed by atoms with van der Waals surface area (Å²) in [5.41, 5.74) is -2.12. The maximum Gasteiger partial charge on any atom is 0.501 e. The van der Waals surface area contributed by atoms with Crippen molar-refractivity contribution in [1.29, 1.82) is 0 Å². The van der Waals surface area contributed by atoms with Crippen molar-refractivity contribution in [2.75, 3.05) is 0 Å². The predicted octanol–water partition coefficient (Wildman–Crippen LogP) is 4.01. The van der Waals surface area contributed by atoms with Crippen molar-refractivity contribution in [2.45, 2.75) is 38.4 Å². The van der Waals surface area contributed by atoms with Gasteiger partial charge in [0.1, 0.15) is 12.2 Å². The zero-order valence-electron chi connectivity index (χ0n) is 12.7. The molecule has 0 saturated carbocycles. The van der Waals surface area contributed by atoms with Gasteiger partial charge < -0.3 is 9.31 Å². The van der Waals surface area contributed by atoms with E-state index in [9.17, 15) is 48.3 Å². The van der Waals surface area contributed by atoms with Gasteiger partial charge in [-0.25, -0.2) is 22.0 Å². The second kappa shape index (κ2) is 7.58. The standard InChI is InChI=1S/C12H8BF11O2/c1-3(11(19,20)21)25-13(26-4(2)12(22,23)24)5-6(14)8(16)10(18)9(17)7(5)15/h3-4H,1-2H3. The van der Waals surface area contributed by atoms with Crippen LogP contribution in [-0.2, 0) is 9.31 Å². The van der Waals surface area contributed by atoms with E-state index in [1.165, 1.54) is 0 Å². The first-order valence-electron chi connectivity index (χ1n) is 6.54. The van der Waals surface area contributed by atoms with Gasteiger partial charge >= 0.3 is 19.5 Å². The number of rotatable bonds is 5. The molecule has 0 amide bonds. The average molecular weight is 404 g/mol. The van der Waals surface area contributed by atoms with Crippen LogP contribution in [0.5, 0.6) is 0 Å². The van der Waals surface area contributed by atoms with Crippen LogP contribution in [-0.4, -0.2) is 31.7 Å². The number of benzene rings is 1. The zero-order chi connectivity index (χ0) is 20.6. The smallest absolute Gasteiger partial charge is 0.395 e. The molecule has 1 aromatic rings. The van der Waals surface area contributed by atoms with Crippen molar-refractivity contribution >= 4 is 12.6 Å². The lowest BCUT2D eigenvalue weighted by molar-refractivity contribution is -0.207. The maximum absolute atomic E-state index is 13.7. The van der Waals surface area contributed by atoms with Crippen molar-refractivity contribution in [3.05, 3.63) is 29.1 Å². The second-order valence-electron chi connectivity index (χ2n) is 4.96. The summed E-state index contributed by atoms with van der Waals surface area (Å²) >= 11 is 0. The Morgan fingerprint density at radius 3 is 1.15 bits per heavy atom. The Kier molecular flexibility index (Phi) is 6.56. The van der Waals surface area contributed by atoms with E-state index in [2.05, 4.69) is 9.31 Å². The molecule has 0 saturated heterocycles. The van der Waals surface area contributed by atoms with Crippen LogP contribution in [0.4, 0.5) is 48.3 Å². The molecule has 0 heterocycles. The molecule has 0 aliphatic rings. The molecule has 14 heteroatoms. The highest BCUT2D eigenvalue weighted by Gasteiger charge is 2.47. The molecule has 2 nitrogen and oxygen atoms in total. The van der Waals surface area contributed by atoms with Crippen LogP contribution in [0, 0.1) is 29.1 Å². The zero-order valence-corrected chi connectivity index (χ0v) is 12.7. The summed E-state index contributed by atoms with van der Waals surface area (Å²) in [7, 11) is -3.19. The molecular weight excluding hydrogens is 396 g/mol. The summed E-state index contributed by atoms with van der Waals surface area (Å²) in [6.45, 7) is 0.474. The van der Waals surface area contributed by atoms with E-state index in [1.54, 1.807) is 0 Å². The molecule has 2 atom stereocenters. The third-order valence-electron chi connectivity index (χ3n) is 3.06. The predicted molar refractivity (Wildman–Crippen MR) is 64.8 cm³/mol. The van der Waals surface area contributed by atoms with Crippen molar-refractivity contribution < 1.29 is 57.6 Å². The van der Waals surface area contributed by atoms with Gasteiger partial charge in [-0.05, 0) is 13.8 Å². The molecule has 2 unspecified atom stereocenters. The Hall–Kier alpha value is -1.57. The number of halogens is 11. The van der Waals surface area contributed by atoms with Gasteiger partial charge in [0.2, 0.25) is 0 Å². The maximum atomic E-state index is 13.7. The lowest BCUT2D eigenvalue weighted by Crippen LogP contribution is -2.50. The minimum Gasteiger partial charge on any atom is -0.395 e. The minimum absolute atomic E-state index is 0.237. The molecule has 0 aliphatic carbocycles. The lowest BCUT2D eigenvalue weighted by Gasteiger charge is -2.26. The summed E-state index contributed by atoms with van der Waals surface area (Å²) in [5.74, 6) is -13.2. The molecule has 148 valence electrons. The van der Waals surface area contributed by atoms with Crippen LogP contribution in [0.25, 0.3) is 0 Å². The molecule has 0 fully saturated rings. The summed E-state index contributed by atoms with van der Waals surface area (Å²) in [6.07, 6.45) is -16.4. The fraction of sp³-hybridized carbons (Fsp3) is 0.500. The Morgan fingerprint density at radius 1 is 0.615 bits per heavy atom. The molecule has 0 bridgehead atoms. The van der Waals surface area contributed by atoms with E-state index in [0.29, 0.717) is 0 Å². The summed E-state index contributed by atoms with van der Waals surface area (Å²) in [4.78, 5) is 0. The van der Waals surface area contributed by atoms with Gasteiger partial charge in [0.15, 0.2) is 29.1 Å². The second-order valence-corrected chi connectivity index (χ2v) is 4.96. The summed E-state index contributed by atoms with van der Waals surface area (Å²) in [6, 6.07) is 0. The summed E-state index contributed by atoms with van der Waals surface area (Å²) < 4.78 is 150. The van der Waals surface area contributed by atoms with Crippen LogP contribution in [0.15, 0.2) is 0 Å². The molecule has 0 aliphatic heterocycles. The van der Waals surface area contributed by atoms with Gasteiger partial charge in [-0.2, -0.15) is 26.3 Å². The van der Waals surface area contributed by atoms with Crippen LogP contribution >= 0.6 is 0 Å². The number of alkyl halides is 6. The Balaban J connectivity index is 3.46. The van der Waals surface area contributed by atoms with Gasteiger partial charge in [0.05, 0.1) is 5.46 Å². The summed E-state index contributed by atoms with van der Waals surface area (Å²) in [5, 5.41) is 0. The van der Waals surface area contributed by atoms with Gasteiger partial charge in [-0.1, -0.05) is 0 Å². The highest BCUT2D eigenvalue weighted by Crippen LogP contribution is 2.27. The van der Waals surface area contributed by atoms with Gasteiger partial charge in [-0.3, -0.25) is 0 Å². The van der Waals surface area contributed by atoms with E-state index in [-0.39, 0.29) is 13.8 Å². The Morgan fingerprint density at radius 2 is 0.885 bits per heavy atom. The van der Waals surface area contributed by atoms with E-state index in [4.69, 9.17) is 0 Å². The Bertz CT molecular complexity index is 607. The molecule has 0 N–H and O–H groups in total. The van der Waals surface area contributed by atoms with E-state index >= 15 is 0 Å². The third kappa shape index (κ3) is 4.78. The SMILES string of the molecule is CC(OB(OC(C)C(F)(F)F)c1c(F)c(F)c(F)c(F)c1F)C(F)(F)F. The van der Waals surface area contributed by atoms with Crippen LogP contribution in [0.3, 0.4) is 0 Å². The number of hydrogen-bond donors (Lipinski definition) is 0. The number of hydrogen-bond acceptors (Lipinski definition) is 2. The molecule has 26 heavy (non-hydrogen) atoms. The monoisotopic (exact) mass is 404 g/mol. The lowest BCUT2D eigenvalue weighted by atomic mass is 9.76. The van der Waals surface area contributed by atoms with Crippen LogP contribution in [0.2, 0.25) is 0 Å². The van der Waals surface area contributed by atoms with E-state index < -0.39 is 66.2 Å². The Labute approximate surface area is 139 Å². The van der Waals surface area contributed by atoms with Gasteiger partial charge in [0.25, 0.3) is 0 Å². The minimum atomic E-state index is -5.23. The van der Waals surface area contributed by atoms with Crippen molar-refractivity contribution in [1.82, 2.24) is 0 Å². The topological polar surface area (TPSA) is 18.5 Å². The highest BCUT2D eigenvalue weighted by molar-refractivity contribution is 6.61.